The van der Waals surface area contributed by atoms with E-state index in [1.807, 2.05) is 32.0 Å². The van der Waals surface area contributed by atoms with Gasteiger partial charge in [-0.25, -0.2) is 0 Å². The molecule has 0 spiro atoms. The molecule has 0 radical (unpaired) electrons. The molecule has 112 valence electrons. The first-order valence-electron chi connectivity index (χ1n) is 7.14. The number of carbonyl (C=O) groups excluding carboxylic acids is 1. The lowest BCUT2D eigenvalue weighted by Crippen LogP contribution is -2.31. The van der Waals surface area contributed by atoms with E-state index in [4.69, 9.17) is 9.47 Å². The summed E-state index contributed by atoms with van der Waals surface area (Å²) in [5.41, 5.74) is 1.07. The highest BCUT2D eigenvalue weighted by Gasteiger charge is 2.13. The topological polar surface area (TPSA) is 47.6 Å². The summed E-state index contributed by atoms with van der Waals surface area (Å²) < 4.78 is 10.5. The predicted molar refractivity (Wildman–Crippen MR) is 80.3 cm³/mol. The van der Waals surface area contributed by atoms with Crippen molar-refractivity contribution in [2.75, 3.05) is 20.8 Å². The monoisotopic (exact) mass is 279 g/mol. The van der Waals surface area contributed by atoms with Gasteiger partial charge in [-0.2, -0.15) is 0 Å². The van der Waals surface area contributed by atoms with Gasteiger partial charge in [0.05, 0.1) is 14.2 Å². The Labute approximate surface area is 121 Å². The van der Waals surface area contributed by atoms with Gasteiger partial charge in [0.1, 0.15) is 11.5 Å². The first-order valence-corrected chi connectivity index (χ1v) is 7.14. The van der Waals surface area contributed by atoms with Crippen LogP contribution in [0.25, 0.3) is 0 Å². The molecule has 0 heterocycles. The molecule has 1 N–H and O–H groups in total. The number of methoxy groups -OCH3 is 2. The van der Waals surface area contributed by atoms with Crippen LogP contribution in [0.15, 0.2) is 18.2 Å². The van der Waals surface area contributed by atoms with Crippen LogP contribution < -0.4 is 14.8 Å². The summed E-state index contributed by atoms with van der Waals surface area (Å²) in [6.07, 6.45) is 2.52. The second-order valence-corrected chi connectivity index (χ2v) is 4.73. The van der Waals surface area contributed by atoms with Crippen LogP contribution in [0.3, 0.4) is 0 Å². The molecule has 0 saturated heterocycles. The predicted octanol–water partition coefficient (Wildman–Crippen LogP) is 2.80. The van der Waals surface area contributed by atoms with Gasteiger partial charge in [0.25, 0.3) is 0 Å². The van der Waals surface area contributed by atoms with Gasteiger partial charge in [-0.15, -0.1) is 0 Å². The molecule has 0 aliphatic rings. The highest BCUT2D eigenvalue weighted by atomic mass is 16.5. The normalized spacial score (nSPS) is 10.4. The second kappa shape index (κ2) is 8.46. The van der Waals surface area contributed by atoms with Crippen molar-refractivity contribution in [2.24, 2.45) is 5.92 Å². The lowest BCUT2D eigenvalue weighted by Gasteiger charge is -2.14. The largest absolute Gasteiger partial charge is 0.497 e. The van der Waals surface area contributed by atoms with Gasteiger partial charge in [0, 0.05) is 18.5 Å². The number of carbonyl (C=O) groups is 1. The van der Waals surface area contributed by atoms with E-state index in [9.17, 15) is 4.79 Å². The van der Waals surface area contributed by atoms with E-state index in [1.165, 1.54) is 0 Å². The summed E-state index contributed by atoms with van der Waals surface area (Å²) in [6, 6.07) is 5.74. The van der Waals surface area contributed by atoms with Crippen LogP contribution in [0.5, 0.6) is 11.5 Å². The molecule has 0 aliphatic carbocycles. The molecule has 1 rings (SSSR count). The van der Waals surface area contributed by atoms with Crippen molar-refractivity contribution in [2.45, 2.75) is 33.1 Å². The van der Waals surface area contributed by atoms with Crippen molar-refractivity contribution in [3.8, 4) is 11.5 Å². The van der Waals surface area contributed by atoms with Crippen molar-refractivity contribution >= 4 is 5.91 Å². The zero-order valence-electron chi connectivity index (χ0n) is 12.9. The highest BCUT2D eigenvalue weighted by molar-refractivity contribution is 5.78. The minimum Gasteiger partial charge on any atom is -0.497 e. The van der Waals surface area contributed by atoms with E-state index in [0.717, 1.165) is 36.3 Å². The zero-order valence-corrected chi connectivity index (χ0v) is 12.9. The number of benzene rings is 1. The summed E-state index contributed by atoms with van der Waals surface area (Å²) in [5.74, 6) is 1.82. The van der Waals surface area contributed by atoms with Gasteiger partial charge in [0.15, 0.2) is 0 Å². The van der Waals surface area contributed by atoms with Gasteiger partial charge in [-0.3, -0.25) is 4.79 Å². The van der Waals surface area contributed by atoms with E-state index >= 15 is 0 Å². The highest BCUT2D eigenvalue weighted by Crippen LogP contribution is 2.24. The van der Waals surface area contributed by atoms with Crippen LogP contribution in [0, 0.1) is 5.92 Å². The van der Waals surface area contributed by atoms with Gasteiger partial charge in [-0.1, -0.05) is 19.9 Å². The number of rotatable bonds is 8. The zero-order chi connectivity index (χ0) is 15.0. The molecule has 4 heteroatoms. The molecule has 0 bridgehead atoms. The molecule has 0 saturated carbocycles. The Morgan fingerprint density at radius 1 is 1.20 bits per heavy atom. The lowest BCUT2D eigenvalue weighted by atomic mass is 10.0. The quantitative estimate of drug-likeness (QED) is 0.796. The summed E-state index contributed by atoms with van der Waals surface area (Å²) in [5, 5.41) is 2.99. The molecule has 20 heavy (non-hydrogen) atoms. The average molecular weight is 279 g/mol. The number of nitrogens with one attached hydrogen (secondary N) is 1. The van der Waals surface area contributed by atoms with Gasteiger partial charge in [-0.05, 0) is 30.9 Å². The van der Waals surface area contributed by atoms with Crippen molar-refractivity contribution in [3.63, 3.8) is 0 Å². The molecule has 1 aromatic carbocycles. The average Bonchev–Trinajstić information content (AvgIpc) is 2.48. The molecule has 0 atom stereocenters. The maximum absolute atomic E-state index is 11.9. The molecular weight excluding hydrogens is 254 g/mol. The summed E-state index contributed by atoms with van der Waals surface area (Å²) in [4.78, 5) is 11.9. The Kier molecular flexibility index (Phi) is 6.91. The van der Waals surface area contributed by atoms with Crippen molar-refractivity contribution in [1.29, 1.82) is 0 Å². The summed E-state index contributed by atoms with van der Waals surface area (Å²) >= 11 is 0. The Morgan fingerprint density at radius 3 is 2.45 bits per heavy atom. The molecule has 0 aromatic heterocycles. The van der Waals surface area contributed by atoms with Crippen LogP contribution in [0.1, 0.15) is 32.3 Å². The molecule has 0 aliphatic heterocycles. The van der Waals surface area contributed by atoms with E-state index in [2.05, 4.69) is 5.32 Å². The third-order valence-corrected chi connectivity index (χ3v) is 3.54. The molecule has 1 aromatic rings. The summed E-state index contributed by atoms with van der Waals surface area (Å²) in [6.45, 7) is 4.71. The Morgan fingerprint density at radius 2 is 1.90 bits per heavy atom. The number of hydrogen-bond donors (Lipinski definition) is 1. The maximum Gasteiger partial charge on any atom is 0.223 e. The fourth-order valence-corrected chi connectivity index (χ4v) is 2.18. The van der Waals surface area contributed by atoms with E-state index < -0.39 is 0 Å². The van der Waals surface area contributed by atoms with Crippen LogP contribution in [0.4, 0.5) is 0 Å². The Hall–Kier alpha value is -1.71. The van der Waals surface area contributed by atoms with Crippen LogP contribution in [-0.2, 0) is 11.2 Å². The van der Waals surface area contributed by atoms with E-state index in [-0.39, 0.29) is 11.8 Å². The molecule has 0 fully saturated rings. The third kappa shape index (κ3) is 4.44. The van der Waals surface area contributed by atoms with Crippen molar-refractivity contribution in [1.82, 2.24) is 5.32 Å². The standard InChI is InChI=1S/C16H25NO3/c1-5-12(6-2)16(18)17-10-9-13-7-8-14(19-3)11-15(13)20-4/h7-8,11-12H,5-6,9-10H2,1-4H3,(H,17,18). The van der Waals surface area contributed by atoms with Crippen LogP contribution >= 0.6 is 0 Å². The van der Waals surface area contributed by atoms with Gasteiger partial charge >= 0.3 is 0 Å². The second-order valence-electron chi connectivity index (χ2n) is 4.73. The Balaban J connectivity index is 2.55. The van der Waals surface area contributed by atoms with Crippen molar-refractivity contribution in [3.05, 3.63) is 23.8 Å². The van der Waals surface area contributed by atoms with Crippen LogP contribution in [-0.4, -0.2) is 26.7 Å². The number of hydrogen-bond acceptors (Lipinski definition) is 3. The smallest absolute Gasteiger partial charge is 0.223 e. The first kappa shape index (κ1) is 16.3. The van der Waals surface area contributed by atoms with Crippen LogP contribution in [0.2, 0.25) is 0 Å². The third-order valence-electron chi connectivity index (χ3n) is 3.54. The van der Waals surface area contributed by atoms with Gasteiger partial charge in [0.2, 0.25) is 5.91 Å². The van der Waals surface area contributed by atoms with E-state index in [0.29, 0.717) is 6.54 Å². The molecular formula is C16H25NO3. The lowest BCUT2D eigenvalue weighted by molar-refractivity contribution is -0.125. The number of amides is 1. The minimum atomic E-state index is 0.118. The minimum absolute atomic E-state index is 0.118. The fraction of sp³-hybridized carbons (Fsp3) is 0.562. The Bertz CT molecular complexity index is 428. The molecule has 4 nitrogen and oxygen atoms in total. The fourth-order valence-electron chi connectivity index (χ4n) is 2.18. The summed E-state index contributed by atoms with van der Waals surface area (Å²) in [7, 11) is 3.27. The number of ether oxygens (including phenoxy) is 2. The first-order chi connectivity index (χ1) is 9.65. The van der Waals surface area contributed by atoms with Gasteiger partial charge < -0.3 is 14.8 Å². The molecule has 0 unspecified atom stereocenters. The van der Waals surface area contributed by atoms with E-state index in [1.54, 1.807) is 14.2 Å². The SMILES string of the molecule is CCC(CC)C(=O)NCCc1ccc(OC)cc1OC. The van der Waals surface area contributed by atoms with Crippen molar-refractivity contribution < 1.29 is 14.3 Å². The maximum atomic E-state index is 11.9. The molecule has 1 amide bonds.